The zero-order valence-electron chi connectivity index (χ0n) is 21.0. The summed E-state index contributed by atoms with van der Waals surface area (Å²) >= 11 is 6.21. The van der Waals surface area contributed by atoms with E-state index in [9.17, 15) is 13.2 Å². The van der Waals surface area contributed by atoms with Crippen LogP contribution in [0.1, 0.15) is 47.3 Å². The molecule has 0 aliphatic rings. The van der Waals surface area contributed by atoms with E-state index in [0.717, 1.165) is 17.4 Å². The molecule has 1 heterocycles. The highest BCUT2D eigenvalue weighted by molar-refractivity contribution is 6.32. The molecule has 0 aliphatic carbocycles. The lowest BCUT2D eigenvalue weighted by atomic mass is 10.00. The van der Waals surface area contributed by atoms with Crippen LogP contribution in [0.4, 0.5) is 13.2 Å². The molecule has 4 rings (SSSR count). The van der Waals surface area contributed by atoms with Crippen molar-refractivity contribution in [2.24, 2.45) is 0 Å². The van der Waals surface area contributed by atoms with Crippen molar-refractivity contribution in [1.82, 2.24) is 25.5 Å². The molecule has 0 amide bonds. The van der Waals surface area contributed by atoms with Crippen molar-refractivity contribution in [2.45, 2.75) is 38.4 Å². The maximum atomic E-state index is 13.4. The molecule has 1 unspecified atom stereocenters. The van der Waals surface area contributed by atoms with E-state index in [1.165, 1.54) is 11.6 Å². The number of hydrogen-bond donors (Lipinski definition) is 1. The highest BCUT2D eigenvalue weighted by Gasteiger charge is 2.34. The summed E-state index contributed by atoms with van der Waals surface area (Å²) in [4.78, 5) is 2.13. The molecule has 0 spiro atoms. The van der Waals surface area contributed by atoms with Crippen LogP contribution < -0.4 is 4.74 Å². The molecule has 0 bridgehead atoms. The molecule has 0 saturated heterocycles. The van der Waals surface area contributed by atoms with Gasteiger partial charge in [0.05, 0.1) is 17.2 Å². The SMILES string of the molecule is CC(CN(CCCOc1cccc(Cc2nn[nH]n2)c1)Cc1cccc(C(F)(F)F)c1Cl)c1ccccc1. The van der Waals surface area contributed by atoms with Gasteiger partial charge in [0.2, 0.25) is 0 Å². The predicted molar refractivity (Wildman–Crippen MR) is 140 cm³/mol. The molecule has 0 aliphatic heterocycles. The summed E-state index contributed by atoms with van der Waals surface area (Å²) in [5.74, 6) is 1.51. The van der Waals surface area contributed by atoms with Crippen LogP contribution in [0.15, 0.2) is 72.8 Å². The van der Waals surface area contributed by atoms with Gasteiger partial charge < -0.3 is 4.74 Å². The van der Waals surface area contributed by atoms with Crippen molar-refractivity contribution in [3.63, 3.8) is 0 Å². The molecule has 0 radical (unpaired) electrons. The van der Waals surface area contributed by atoms with E-state index < -0.39 is 11.7 Å². The van der Waals surface area contributed by atoms with Gasteiger partial charge in [-0.15, -0.1) is 10.2 Å². The predicted octanol–water partition coefficient (Wildman–Crippen LogP) is 6.54. The van der Waals surface area contributed by atoms with Gasteiger partial charge in [0, 0.05) is 26.1 Å². The number of hydrogen-bond acceptors (Lipinski definition) is 5. The van der Waals surface area contributed by atoms with Gasteiger partial charge in [-0.25, -0.2) is 0 Å². The number of tetrazole rings is 1. The topological polar surface area (TPSA) is 66.9 Å². The van der Waals surface area contributed by atoms with Crippen LogP contribution in [-0.4, -0.2) is 45.2 Å². The fraction of sp³-hybridized carbons (Fsp3) is 0.321. The first-order valence-electron chi connectivity index (χ1n) is 12.4. The fourth-order valence-corrected chi connectivity index (χ4v) is 4.63. The first-order chi connectivity index (χ1) is 18.3. The number of aromatic nitrogens is 4. The van der Waals surface area contributed by atoms with E-state index in [1.807, 2.05) is 42.5 Å². The third-order valence-electron chi connectivity index (χ3n) is 6.22. The average molecular weight is 544 g/mol. The summed E-state index contributed by atoms with van der Waals surface area (Å²) in [7, 11) is 0. The number of alkyl halides is 3. The van der Waals surface area contributed by atoms with E-state index in [-0.39, 0.29) is 10.9 Å². The molecular formula is C28H29ClF3N5O. The van der Waals surface area contributed by atoms with Crippen LogP contribution in [0.2, 0.25) is 5.02 Å². The van der Waals surface area contributed by atoms with Gasteiger partial charge in [0.1, 0.15) is 5.75 Å². The average Bonchev–Trinajstić information content (AvgIpc) is 3.41. The second-order valence-corrected chi connectivity index (χ2v) is 9.56. The van der Waals surface area contributed by atoms with Crippen molar-refractivity contribution < 1.29 is 17.9 Å². The Balaban J connectivity index is 1.40. The highest BCUT2D eigenvalue weighted by Crippen LogP contribution is 2.36. The number of rotatable bonds is 12. The maximum Gasteiger partial charge on any atom is 0.417 e. The first kappa shape index (κ1) is 27.6. The molecule has 200 valence electrons. The molecule has 4 aromatic rings. The second-order valence-electron chi connectivity index (χ2n) is 9.18. The summed E-state index contributed by atoms with van der Waals surface area (Å²) in [5.41, 5.74) is 1.82. The fourth-order valence-electron chi connectivity index (χ4n) is 4.33. The van der Waals surface area contributed by atoms with E-state index >= 15 is 0 Å². The van der Waals surface area contributed by atoms with Crippen molar-refractivity contribution in [3.8, 4) is 5.75 Å². The summed E-state index contributed by atoms with van der Waals surface area (Å²) < 4.78 is 46.2. The Morgan fingerprint density at radius 1 is 1.03 bits per heavy atom. The minimum absolute atomic E-state index is 0.184. The van der Waals surface area contributed by atoms with Gasteiger partial charge in [-0.1, -0.05) is 78.3 Å². The van der Waals surface area contributed by atoms with E-state index in [0.29, 0.717) is 50.5 Å². The zero-order chi connectivity index (χ0) is 27.0. The molecular weight excluding hydrogens is 515 g/mol. The van der Waals surface area contributed by atoms with Gasteiger partial charge in [-0.05, 0) is 47.2 Å². The third kappa shape index (κ3) is 7.79. The number of ether oxygens (including phenoxy) is 1. The quantitative estimate of drug-likeness (QED) is 0.206. The number of benzene rings is 3. The van der Waals surface area contributed by atoms with Gasteiger partial charge >= 0.3 is 6.18 Å². The summed E-state index contributed by atoms with van der Waals surface area (Å²) in [5, 5.41) is 13.7. The first-order valence-corrected chi connectivity index (χ1v) is 12.7. The molecule has 3 aromatic carbocycles. The monoisotopic (exact) mass is 543 g/mol. The molecule has 1 N–H and O–H groups in total. The van der Waals surface area contributed by atoms with Gasteiger partial charge in [0.25, 0.3) is 0 Å². The Bertz CT molecular complexity index is 1290. The molecule has 1 atom stereocenters. The minimum atomic E-state index is -4.50. The molecule has 1 aromatic heterocycles. The Kier molecular flexibility index (Phi) is 9.36. The Labute approximate surface area is 224 Å². The number of nitrogens with zero attached hydrogens (tertiary/aromatic N) is 4. The molecule has 0 fully saturated rings. The van der Waals surface area contributed by atoms with Crippen LogP contribution in [0.3, 0.4) is 0 Å². The lowest BCUT2D eigenvalue weighted by Gasteiger charge is -2.27. The number of halogens is 4. The van der Waals surface area contributed by atoms with E-state index in [4.69, 9.17) is 16.3 Å². The number of nitrogens with one attached hydrogen (secondary N) is 1. The lowest BCUT2D eigenvalue weighted by molar-refractivity contribution is -0.137. The largest absolute Gasteiger partial charge is 0.494 e. The molecule has 6 nitrogen and oxygen atoms in total. The Hall–Kier alpha value is -3.43. The van der Waals surface area contributed by atoms with Gasteiger partial charge in [-0.2, -0.15) is 18.4 Å². The number of aromatic amines is 1. The summed E-state index contributed by atoms with van der Waals surface area (Å²) in [6.45, 7) is 4.17. The smallest absolute Gasteiger partial charge is 0.417 e. The van der Waals surface area contributed by atoms with Gasteiger partial charge in [0.15, 0.2) is 5.82 Å². The van der Waals surface area contributed by atoms with E-state index in [1.54, 1.807) is 6.07 Å². The van der Waals surface area contributed by atoms with Crippen LogP contribution >= 0.6 is 11.6 Å². The lowest BCUT2D eigenvalue weighted by Crippen LogP contribution is -2.30. The number of H-pyrrole nitrogens is 1. The normalized spacial score (nSPS) is 12.6. The Morgan fingerprint density at radius 3 is 2.55 bits per heavy atom. The highest BCUT2D eigenvalue weighted by atomic mass is 35.5. The Morgan fingerprint density at radius 2 is 1.82 bits per heavy atom. The minimum Gasteiger partial charge on any atom is -0.494 e. The molecule has 0 saturated carbocycles. The third-order valence-corrected chi connectivity index (χ3v) is 6.66. The molecule has 38 heavy (non-hydrogen) atoms. The van der Waals surface area contributed by atoms with Crippen molar-refractivity contribution in [2.75, 3.05) is 19.7 Å². The summed E-state index contributed by atoms with van der Waals surface area (Å²) in [6.07, 6.45) is -3.27. The van der Waals surface area contributed by atoms with Crippen LogP contribution in [0.25, 0.3) is 0 Å². The van der Waals surface area contributed by atoms with Crippen LogP contribution in [0.5, 0.6) is 5.75 Å². The van der Waals surface area contributed by atoms with Gasteiger partial charge in [-0.3, -0.25) is 4.90 Å². The van der Waals surface area contributed by atoms with Crippen molar-refractivity contribution in [1.29, 1.82) is 0 Å². The van der Waals surface area contributed by atoms with E-state index in [2.05, 4.69) is 44.6 Å². The summed E-state index contributed by atoms with van der Waals surface area (Å²) in [6, 6.07) is 21.8. The van der Waals surface area contributed by atoms with Crippen molar-refractivity contribution >= 4 is 11.6 Å². The van der Waals surface area contributed by atoms with Crippen LogP contribution in [-0.2, 0) is 19.1 Å². The van der Waals surface area contributed by atoms with Crippen molar-refractivity contribution in [3.05, 3.63) is 106 Å². The second kappa shape index (κ2) is 12.9. The standard InChI is InChI=1S/C28H29ClF3N5O/c1-20(22-9-3-2-4-10-22)18-37(19-23-11-6-13-25(27(23)29)28(30,31)32)14-7-15-38-24-12-5-8-21(16-24)17-26-33-35-36-34-26/h2-6,8-13,16,20H,7,14-15,17-19H2,1H3,(H,33,34,35,36). The maximum absolute atomic E-state index is 13.4. The van der Waals surface area contributed by atoms with Crippen LogP contribution in [0, 0.1) is 0 Å². The zero-order valence-corrected chi connectivity index (χ0v) is 21.7. The molecule has 10 heteroatoms.